The topological polar surface area (TPSA) is 79.3 Å². The zero-order chi connectivity index (χ0) is 31.8. The first-order valence-corrected chi connectivity index (χ1v) is 16.3. The lowest BCUT2D eigenvalue weighted by Crippen LogP contribution is -2.53. The standard InChI is InChI=1S/C36H47N5O4/c1-7-41-29-10-11-30(41)21-40(20-29)28-9-8-23(2)33(18-28)35(42)37-24(3)25-14-26(16-32(15-25)45-6)27-17-34(38(4)19-27)36(43)39-13-12-31(22-39)44-5/h8-9,14-19,24,29-31H,7,10-13,20-22H2,1-6H3,(H,37,42)/t24-,29-,30+,31+/m1/s1. The highest BCUT2D eigenvalue weighted by Crippen LogP contribution is 2.34. The molecule has 0 spiro atoms. The summed E-state index contributed by atoms with van der Waals surface area (Å²) >= 11 is 0. The summed E-state index contributed by atoms with van der Waals surface area (Å²) in [5.74, 6) is 0.611. The number of hydrogen-bond donors (Lipinski definition) is 1. The monoisotopic (exact) mass is 613 g/mol. The van der Waals surface area contributed by atoms with Crippen LogP contribution in [0.2, 0.25) is 0 Å². The van der Waals surface area contributed by atoms with Crippen molar-refractivity contribution in [2.24, 2.45) is 7.05 Å². The molecule has 4 heterocycles. The van der Waals surface area contributed by atoms with Gasteiger partial charge < -0.3 is 29.2 Å². The lowest BCUT2D eigenvalue weighted by molar-refractivity contribution is 0.0715. The van der Waals surface area contributed by atoms with Crippen LogP contribution in [0, 0.1) is 6.92 Å². The lowest BCUT2D eigenvalue weighted by Gasteiger charge is -2.41. The Labute approximate surface area is 267 Å². The second-order valence-electron chi connectivity index (χ2n) is 12.9. The molecule has 1 aromatic heterocycles. The Morgan fingerprint density at radius 2 is 1.73 bits per heavy atom. The van der Waals surface area contributed by atoms with Gasteiger partial charge in [0.05, 0.1) is 19.3 Å². The van der Waals surface area contributed by atoms with E-state index in [1.807, 2.05) is 54.8 Å². The first kappa shape index (κ1) is 31.2. The number of benzene rings is 2. The Hall–Kier alpha value is -3.82. The Balaban J connectivity index is 1.19. The second-order valence-corrected chi connectivity index (χ2v) is 12.9. The van der Waals surface area contributed by atoms with Crippen molar-refractivity contribution in [3.63, 3.8) is 0 Å². The number of aryl methyl sites for hydroxylation is 2. The van der Waals surface area contributed by atoms with Gasteiger partial charge in [0.2, 0.25) is 0 Å². The van der Waals surface area contributed by atoms with Crippen molar-refractivity contribution in [2.45, 2.75) is 64.3 Å². The lowest BCUT2D eigenvalue weighted by atomic mass is 10.00. The molecule has 3 aliphatic heterocycles. The van der Waals surface area contributed by atoms with Crippen LogP contribution in [0.3, 0.4) is 0 Å². The number of likely N-dealkylation sites (N-methyl/N-ethyl adjacent to an activating group) is 1. The van der Waals surface area contributed by atoms with Gasteiger partial charge >= 0.3 is 0 Å². The Bertz CT molecular complexity index is 1550. The molecular weight excluding hydrogens is 566 g/mol. The van der Waals surface area contributed by atoms with Crippen molar-refractivity contribution in [2.75, 3.05) is 51.8 Å². The number of hydrogen-bond acceptors (Lipinski definition) is 6. The Morgan fingerprint density at radius 1 is 0.978 bits per heavy atom. The molecule has 3 saturated heterocycles. The number of rotatable bonds is 9. The number of carbonyl (C=O) groups is 2. The molecule has 0 aliphatic carbocycles. The minimum atomic E-state index is -0.265. The average Bonchev–Trinajstić information content (AvgIpc) is 3.75. The van der Waals surface area contributed by atoms with Crippen LogP contribution >= 0.6 is 0 Å². The summed E-state index contributed by atoms with van der Waals surface area (Å²) in [5.41, 5.74) is 6.19. The van der Waals surface area contributed by atoms with Gasteiger partial charge in [-0.15, -0.1) is 0 Å². The number of methoxy groups -OCH3 is 2. The van der Waals surface area contributed by atoms with Gasteiger partial charge in [0.1, 0.15) is 11.4 Å². The quantitative estimate of drug-likeness (QED) is 0.365. The normalized spacial score (nSPS) is 22.1. The van der Waals surface area contributed by atoms with Crippen LogP contribution in [0.25, 0.3) is 11.1 Å². The zero-order valence-corrected chi connectivity index (χ0v) is 27.5. The molecule has 0 radical (unpaired) electrons. The fourth-order valence-electron chi connectivity index (χ4n) is 7.49. The molecule has 1 N–H and O–H groups in total. The van der Waals surface area contributed by atoms with E-state index in [0.717, 1.165) is 54.0 Å². The number of ether oxygens (including phenoxy) is 2. The molecule has 3 fully saturated rings. The molecule has 2 aromatic carbocycles. The number of amides is 2. The van der Waals surface area contributed by atoms with Gasteiger partial charge in [-0.25, -0.2) is 0 Å². The number of piperazine rings is 1. The highest BCUT2D eigenvalue weighted by Gasteiger charge is 2.39. The Kier molecular flexibility index (Phi) is 8.93. The number of nitrogens with one attached hydrogen (secondary N) is 1. The summed E-state index contributed by atoms with van der Waals surface area (Å²) < 4.78 is 13.0. The SMILES string of the molecule is CCN1[C@@H]2CC[C@H]1CN(c1ccc(C)c(C(=O)N[C@H](C)c3cc(OC)cc(-c4cc(C(=O)N5CC[C@H](OC)C5)n(C)c4)c3)c1)C2. The molecule has 2 bridgehead atoms. The van der Waals surface area contributed by atoms with E-state index in [4.69, 9.17) is 9.47 Å². The van der Waals surface area contributed by atoms with Crippen molar-refractivity contribution in [3.05, 3.63) is 71.0 Å². The molecule has 9 heteroatoms. The van der Waals surface area contributed by atoms with Crippen LogP contribution in [0.4, 0.5) is 5.69 Å². The molecule has 6 rings (SSSR count). The van der Waals surface area contributed by atoms with Crippen LogP contribution in [0.5, 0.6) is 5.75 Å². The largest absolute Gasteiger partial charge is 0.497 e. The highest BCUT2D eigenvalue weighted by molar-refractivity contribution is 5.97. The minimum Gasteiger partial charge on any atom is -0.497 e. The van der Waals surface area contributed by atoms with Crippen molar-refractivity contribution in [1.82, 2.24) is 19.7 Å². The van der Waals surface area contributed by atoms with Gasteiger partial charge in [0, 0.05) is 75.4 Å². The van der Waals surface area contributed by atoms with E-state index in [2.05, 4.69) is 46.3 Å². The maximum atomic E-state index is 13.7. The van der Waals surface area contributed by atoms with Crippen LogP contribution in [-0.2, 0) is 11.8 Å². The fraction of sp³-hybridized carbons (Fsp3) is 0.500. The third kappa shape index (κ3) is 6.20. The molecule has 0 unspecified atom stereocenters. The van der Waals surface area contributed by atoms with E-state index in [1.54, 1.807) is 14.2 Å². The molecule has 4 atom stereocenters. The van der Waals surface area contributed by atoms with Gasteiger partial charge in [-0.1, -0.05) is 13.0 Å². The van der Waals surface area contributed by atoms with E-state index < -0.39 is 0 Å². The molecule has 3 aliphatic rings. The number of aromatic nitrogens is 1. The molecule has 2 amide bonds. The zero-order valence-electron chi connectivity index (χ0n) is 27.5. The van der Waals surface area contributed by atoms with E-state index in [-0.39, 0.29) is 24.0 Å². The molecule has 0 saturated carbocycles. The third-order valence-corrected chi connectivity index (χ3v) is 10.2. The number of carbonyl (C=O) groups excluding carboxylic acids is 2. The maximum absolute atomic E-state index is 13.7. The Morgan fingerprint density at radius 3 is 2.40 bits per heavy atom. The van der Waals surface area contributed by atoms with E-state index in [1.165, 1.54) is 12.8 Å². The summed E-state index contributed by atoms with van der Waals surface area (Å²) in [6.45, 7) is 10.7. The number of nitrogens with zero attached hydrogens (tertiary/aromatic N) is 4. The van der Waals surface area contributed by atoms with Crippen LogP contribution in [0.1, 0.15) is 71.1 Å². The van der Waals surface area contributed by atoms with Gasteiger partial charge in [-0.2, -0.15) is 0 Å². The number of likely N-dealkylation sites (tertiary alicyclic amines) is 1. The van der Waals surface area contributed by atoms with E-state index in [0.29, 0.717) is 42.2 Å². The van der Waals surface area contributed by atoms with Gasteiger partial charge in [0.15, 0.2) is 0 Å². The molecule has 9 nitrogen and oxygen atoms in total. The summed E-state index contributed by atoms with van der Waals surface area (Å²) in [6, 6.07) is 15.1. The summed E-state index contributed by atoms with van der Waals surface area (Å²) in [4.78, 5) is 34.0. The van der Waals surface area contributed by atoms with Gasteiger partial charge in [0.25, 0.3) is 11.8 Å². The van der Waals surface area contributed by atoms with Crippen molar-refractivity contribution in [1.29, 1.82) is 0 Å². The molecule has 240 valence electrons. The van der Waals surface area contributed by atoms with Crippen LogP contribution in [0.15, 0.2) is 48.7 Å². The fourth-order valence-corrected chi connectivity index (χ4v) is 7.49. The molecular formula is C36H47N5O4. The average molecular weight is 614 g/mol. The first-order chi connectivity index (χ1) is 21.7. The minimum absolute atomic E-state index is 0.00421. The van der Waals surface area contributed by atoms with Crippen LogP contribution < -0.4 is 15.0 Å². The molecule has 3 aromatic rings. The first-order valence-electron chi connectivity index (χ1n) is 16.3. The maximum Gasteiger partial charge on any atom is 0.270 e. The van der Waals surface area contributed by atoms with E-state index >= 15 is 0 Å². The van der Waals surface area contributed by atoms with Crippen molar-refractivity contribution in [3.8, 4) is 16.9 Å². The predicted octanol–water partition coefficient (Wildman–Crippen LogP) is 5.03. The summed E-state index contributed by atoms with van der Waals surface area (Å²) in [6.07, 6.45) is 5.41. The highest BCUT2D eigenvalue weighted by atomic mass is 16.5. The summed E-state index contributed by atoms with van der Waals surface area (Å²) in [7, 11) is 5.24. The second kappa shape index (κ2) is 12.9. The third-order valence-electron chi connectivity index (χ3n) is 10.2. The number of fused-ring (bicyclic) bond motifs is 2. The summed E-state index contributed by atoms with van der Waals surface area (Å²) in [5, 5.41) is 3.24. The molecule has 45 heavy (non-hydrogen) atoms. The van der Waals surface area contributed by atoms with Gasteiger partial charge in [-0.05, 0) is 92.7 Å². The van der Waals surface area contributed by atoms with Gasteiger partial charge in [-0.3, -0.25) is 14.5 Å². The van der Waals surface area contributed by atoms with E-state index in [9.17, 15) is 9.59 Å². The predicted molar refractivity (Wildman–Crippen MR) is 177 cm³/mol. The van der Waals surface area contributed by atoms with Crippen LogP contribution in [-0.4, -0.2) is 91.3 Å². The smallest absolute Gasteiger partial charge is 0.270 e. The van der Waals surface area contributed by atoms with Crippen molar-refractivity contribution < 1.29 is 19.1 Å². The number of anilines is 1. The van der Waals surface area contributed by atoms with Crippen molar-refractivity contribution >= 4 is 17.5 Å².